The maximum absolute atomic E-state index is 15.1. The third-order valence-corrected chi connectivity index (χ3v) is 7.38. The van der Waals surface area contributed by atoms with Gasteiger partial charge < -0.3 is 25.1 Å². The predicted octanol–water partition coefficient (Wildman–Crippen LogP) is 4.30. The Morgan fingerprint density at radius 2 is 1.95 bits per heavy atom. The molecule has 2 fully saturated rings. The van der Waals surface area contributed by atoms with Crippen molar-refractivity contribution in [1.29, 1.82) is 0 Å². The normalized spacial score (nSPS) is 20.7. The Kier molecular flexibility index (Phi) is 5.83. The van der Waals surface area contributed by atoms with Gasteiger partial charge >= 0.3 is 12.1 Å². The predicted molar refractivity (Wildman–Crippen MR) is 145 cm³/mol. The number of hydrogen-bond acceptors (Lipinski definition) is 9. The Bertz CT molecular complexity index is 1580. The Labute approximate surface area is 224 Å². The minimum Gasteiger partial charge on any atom is -0.443 e. The maximum Gasteiger partial charge on any atom is 0.414 e. The summed E-state index contributed by atoms with van der Waals surface area (Å²) in [7, 11) is 1.55. The molecule has 0 radical (unpaired) electrons. The summed E-state index contributed by atoms with van der Waals surface area (Å²) < 4.78 is 26.5. The van der Waals surface area contributed by atoms with E-state index in [1.165, 1.54) is 17.0 Å². The summed E-state index contributed by atoms with van der Waals surface area (Å²) in [5, 5.41) is 1.20. The number of aryl methyl sites for hydroxylation is 1. The van der Waals surface area contributed by atoms with Crippen LogP contribution < -0.4 is 20.3 Å². The summed E-state index contributed by atoms with van der Waals surface area (Å²) in [4.78, 5) is 37.4. The van der Waals surface area contributed by atoms with Gasteiger partial charge in [-0.1, -0.05) is 0 Å². The number of carbonyl (C=O) groups excluding carboxylic acids is 1. The van der Waals surface area contributed by atoms with Crippen LogP contribution in [-0.4, -0.2) is 62.8 Å². The smallest absolute Gasteiger partial charge is 0.414 e. The van der Waals surface area contributed by atoms with Gasteiger partial charge in [-0.3, -0.25) is 4.90 Å². The van der Waals surface area contributed by atoms with Crippen molar-refractivity contribution < 1.29 is 18.7 Å². The van der Waals surface area contributed by atoms with E-state index in [0.717, 1.165) is 19.5 Å². The quantitative estimate of drug-likeness (QED) is 0.393. The Morgan fingerprint density at radius 3 is 2.62 bits per heavy atom. The first-order valence-corrected chi connectivity index (χ1v) is 12.9. The van der Waals surface area contributed by atoms with Gasteiger partial charge in [0.1, 0.15) is 28.7 Å². The van der Waals surface area contributed by atoms with Crippen LogP contribution in [0.25, 0.3) is 21.9 Å². The fourth-order valence-electron chi connectivity index (χ4n) is 5.45. The van der Waals surface area contributed by atoms with Crippen molar-refractivity contribution in [3.05, 3.63) is 36.2 Å². The number of benzene rings is 1. The molecule has 1 aliphatic carbocycles. The molecule has 11 nitrogen and oxygen atoms in total. The molecule has 39 heavy (non-hydrogen) atoms. The lowest BCUT2D eigenvalue weighted by Gasteiger charge is -2.36. The number of H-pyrrole nitrogens is 1. The molecule has 204 valence electrons. The Balaban J connectivity index is 1.50. The van der Waals surface area contributed by atoms with E-state index in [1.807, 2.05) is 0 Å². The number of aromatic nitrogens is 5. The molecular weight excluding hydrogens is 503 g/mol. The minimum absolute atomic E-state index is 0.0996. The van der Waals surface area contributed by atoms with E-state index in [4.69, 9.17) is 20.2 Å². The molecule has 1 saturated heterocycles. The zero-order chi connectivity index (χ0) is 27.6. The van der Waals surface area contributed by atoms with Crippen LogP contribution >= 0.6 is 0 Å². The van der Waals surface area contributed by atoms with Crippen molar-refractivity contribution in [3.8, 4) is 11.8 Å². The number of carbonyl (C=O) groups is 1. The molecule has 0 bridgehead atoms. The number of fused-ring (bicyclic) bond motifs is 4. The van der Waals surface area contributed by atoms with Crippen LogP contribution in [0, 0.1) is 24.6 Å². The van der Waals surface area contributed by atoms with Crippen LogP contribution in [0.4, 0.5) is 20.7 Å². The molecule has 1 aromatic carbocycles. The van der Waals surface area contributed by atoms with Gasteiger partial charge in [0.05, 0.1) is 29.0 Å². The molecular formula is C27H31FN8O3. The van der Waals surface area contributed by atoms with E-state index in [0.29, 0.717) is 56.9 Å². The lowest BCUT2D eigenvalue weighted by Crippen LogP contribution is -2.46. The first-order valence-electron chi connectivity index (χ1n) is 12.9. The topological polar surface area (TPSA) is 135 Å². The second kappa shape index (κ2) is 9.01. The SMILES string of the molecule is Cc1ncc(Oc2nc(N3C[C@H]4C[C@@H](N)[C@H]4C3)c3c(n2)[nH]c2c(N(C)C(=O)OC(C)(C)C)cc(F)cc23)cn1. The van der Waals surface area contributed by atoms with Crippen LogP contribution in [0.15, 0.2) is 24.5 Å². The summed E-state index contributed by atoms with van der Waals surface area (Å²) in [5.74, 6) is 1.98. The molecule has 2 aliphatic rings. The first kappa shape index (κ1) is 25.2. The van der Waals surface area contributed by atoms with E-state index in [9.17, 15) is 4.79 Å². The molecule has 3 N–H and O–H groups in total. The third-order valence-electron chi connectivity index (χ3n) is 7.38. The van der Waals surface area contributed by atoms with Crippen LogP contribution in [0.3, 0.4) is 0 Å². The van der Waals surface area contributed by atoms with E-state index in [-0.39, 0.29) is 12.1 Å². The number of hydrogen-bond donors (Lipinski definition) is 2. The molecule has 1 saturated carbocycles. The van der Waals surface area contributed by atoms with Crippen molar-refractivity contribution in [2.45, 2.75) is 45.8 Å². The summed E-state index contributed by atoms with van der Waals surface area (Å²) in [6.07, 6.45) is 3.47. The number of nitrogens with two attached hydrogens (primary N) is 1. The molecule has 6 rings (SSSR count). The summed E-state index contributed by atoms with van der Waals surface area (Å²) in [5.41, 5.74) is 6.87. The number of ether oxygens (including phenoxy) is 2. The second-order valence-electron chi connectivity index (χ2n) is 11.4. The monoisotopic (exact) mass is 534 g/mol. The highest BCUT2D eigenvalue weighted by molar-refractivity contribution is 6.16. The van der Waals surface area contributed by atoms with Gasteiger partial charge in [-0.25, -0.2) is 19.2 Å². The van der Waals surface area contributed by atoms with Gasteiger partial charge in [0.25, 0.3) is 0 Å². The highest BCUT2D eigenvalue weighted by atomic mass is 19.1. The molecule has 0 unspecified atom stereocenters. The molecule has 3 aromatic heterocycles. The Morgan fingerprint density at radius 1 is 1.21 bits per heavy atom. The average Bonchev–Trinajstić information content (AvgIpc) is 3.40. The number of nitrogens with zero attached hydrogens (tertiary/aromatic N) is 6. The van der Waals surface area contributed by atoms with Crippen molar-refractivity contribution in [2.75, 3.05) is 29.9 Å². The largest absolute Gasteiger partial charge is 0.443 e. The fraction of sp³-hybridized carbons (Fsp3) is 0.444. The van der Waals surface area contributed by atoms with E-state index >= 15 is 4.39 Å². The minimum atomic E-state index is -0.710. The van der Waals surface area contributed by atoms with Crippen LogP contribution in [0.5, 0.6) is 11.8 Å². The van der Waals surface area contributed by atoms with Crippen LogP contribution in [0.2, 0.25) is 0 Å². The highest BCUT2D eigenvalue weighted by Gasteiger charge is 2.46. The first-order chi connectivity index (χ1) is 18.5. The number of amides is 1. The maximum atomic E-state index is 15.1. The lowest BCUT2D eigenvalue weighted by atomic mass is 9.72. The molecule has 12 heteroatoms. The number of halogens is 1. The molecule has 4 aromatic rings. The average molecular weight is 535 g/mol. The summed E-state index contributed by atoms with van der Waals surface area (Å²) in [6, 6.07) is 2.98. The fourth-order valence-corrected chi connectivity index (χ4v) is 5.45. The van der Waals surface area contributed by atoms with E-state index in [1.54, 1.807) is 47.1 Å². The highest BCUT2D eigenvalue weighted by Crippen LogP contribution is 2.44. The number of nitrogens with one attached hydrogen (secondary N) is 1. The second-order valence-corrected chi connectivity index (χ2v) is 11.4. The van der Waals surface area contributed by atoms with Crippen LogP contribution in [-0.2, 0) is 4.74 Å². The zero-order valence-corrected chi connectivity index (χ0v) is 22.5. The molecule has 3 atom stereocenters. The van der Waals surface area contributed by atoms with Crippen molar-refractivity contribution in [2.24, 2.45) is 17.6 Å². The standard InChI is InChI=1S/C27H31FN8O3/c1-13-30-9-16(10-31-13)38-25-33-23-21(24(34-25)36-11-14-6-19(29)18(14)12-36)17-7-15(28)8-20(22(17)32-23)35(5)26(37)39-27(2,3)4/h7-10,14,18-19H,6,11-12,29H2,1-5H3,(H,32,33,34)/t14-,18+,19-/m1/s1. The van der Waals surface area contributed by atoms with Gasteiger partial charge in [-0.05, 0) is 58.1 Å². The van der Waals surface area contributed by atoms with Crippen molar-refractivity contribution in [1.82, 2.24) is 24.9 Å². The summed E-state index contributed by atoms with van der Waals surface area (Å²) >= 11 is 0. The van der Waals surface area contributed by atoms with Crippen LogP contribution in [0.1, 0.15) is 33.0 Å². The molecule has 1 amide bonds. The molecule has 0 spiro atoms. The Hall–Kier alpha value is -4.06. The van der Waals surface area contributed by atoms with Gasteiger partial charge in [-0.2, -0.15) is 9.97 Å². The van der Waals surface area contributed by atoms with E-state index in [2.05, 4.69) is 24.8 Å². The van der Waals surface area contributed by atoms with Gasteiger partial charge in [0.15, 0.2) is 5.75 Å². The number of anilines is 2. The van der Waals surface area contributed by atoms with Gasteiger partial charge in [-0.15, -0.1) is 0 Å². The molecule has 1 aliphatic heterocycles. The summed E-state index contributed by atoms with van der Waals surface area (Å²) in [6.45, 7) is 8.63. The van der Waals surface area contributed by atoms with Crippen molar-refractivity contribution >= 4 is 39.5 Å². The van der Waals surface area contributed by atoms with E-state index < -0.39 is 17.5 Å². The van der Waals surface area contributed by atoms with Gasteiger partial charge in [0, 0.05) is 31.6 Å². The number of aromatic amines is 1. The lowest BCUT2D eigenvalue weighted by molar-refractivity contribution is 0.0589. The zero-order valence-electron chi connectivity index (χ0n) is 22.5. The third kappa shape index (κ3) is 4.58. The number of rotatable bonds is 4. The molecule has 4 heterocycles. The van der Waals surface area contributed by atoms with Gasteiger partial charge in [0.2, 0.25) is 0 Å². The van der Waals surface area contributed by atoms with Crippen molar-refractivity contribution in [3.63, 3.8) is 0 Å².